The van der Waals surface area contributed by atoms with Crippen molar-refractivity contribution in [2.24, 2.45) is 0 Å². The fraction of sp³-hybridized carbons (Fsp3) is 0.450. The summed E-state index contributed by atoms with van der Waals surface area (Å²) < 4.78 is 0. The highest BCUT2D eigenvalue weighted by atomic mass is 35.5. The monoisotopic (exact) mass is 389 g/mol. The Kier molecular flexibility index (Phi) is 5.20. The first-order valence-corrected chi connectivity index (χ1v) is 10.5. The van der Waals surface area contributed by atoms with Gasteiger partial charge in [0.2, 0.25) is 0 Å². The molecule has 2 heterocycles. The normalized spacial score (nSPS) is 17.8. The predicted octanol–water partition coefficient (Wildman–Crippen LogP) is 4.28. The van der Waals surface area contributed by atoms with Crippen molar-refractivity contribution in [3.63, 3.8) is 0 Å². The van der Waals surface area contributed by atoms with E-state index >= 15 is 0 Å². The standard InChI is InChI=1S/C20H24ClN3OS/c1-23-8-10-24(11-9-23)17-7-6-15(21)13-16(17)22-20(25)19-12-14-4-2-3-5-18(14)26-19/h6-7,12-13H,2-5,8-11H2,1H3,(H,22,25). The van der Waals surface area contributed by atoms with Crippen molar-refractivity contribution in [1.29, 1.82) is 0 Å². The Morgan fingerprint density at radius 3 is 2.65 bits per heavy atom. The SMILES string of the molecule is CN1CCN(c2ccc(Cl)cc2NC(=O)c2cc3c(s2)CCCC3)CC1. The highest BCUT2D eigenvalue weighted by Crippen LogP contribution is 2.33. The summed E-state index contributed by atoms with van der Waals surface area (Å²) in [5.74, 6) is -0.0259. The third-order valence-electron chi connectivity index (χ3n) is 5.27. The summed E-state index contributed by atoms with van der Waals surface area (Å²) in [6.45, 7) is 3.95. The van der Waals surface area contributed by atoms with Gasteiger partial charge in [0, 0.05) is 36.1 Å². The van der Waals surface area contributed by atoms with Gasteiger partial charge in [-0.05, 0) is 62.6 Å². The van der Waals surface area contributed by atoms with E-state index in [1.165, 1.54) is 23.3 Å². The minimum atomic E-state index is -0.0259. The van der Waals surface area contributed by atoms with Crippen LogP contribution in [0.1, 0.15) is 33.0 Å². The van der Waals surface area contributed by atoms with Gasteiger partial charge in [-0.3, -0.25) is 4.79 Å². The summed E-state index contributed by atoms with van der Waals surface area (Å²) in [6, 6.07) is 7.85. The minimum absolute atomic E-state index is 0.0259. The summed E-state index contributed by atoms with van der Waals surface area (Å²) in [4.78, 5) is 19.7. The average Bonchev–Trinajstić information content (AvgIpc) is 3.07. The molecule has 2 aromatic rings. The number of aryl methyl sites for hydroxylation is 2. The van der Waals surface area contributed by atoms with Crippen molar-refractivity contribution in [3.8, 4) is 0 Å². The third-order valence-corrected chi connectivity index (χ3v) is 6.74. The average molecular weight is 390 g/mol. The molecule has 0 atom stereocenters. The summed E-state index contributed by atoms with van der Waals surface area (Å²) in [7, 11) is 2.14. The first-order chi connectivity index (χ1) is 12.6. The number of rotatable bonds is 3. The molecule has 1 amide bonds. The minimum Gasteiger partial charge on any atom is -0.367 e. The van der Waals surface area contributed by atoms with Crippen molar-refractivity contribution in [3.05, 3.63) is 44.6 Å². The van der Waals surface area contributed by atoms with Crippen molar-refractivity contribution >= 4 is 40.2 Å². The number of likely N-dealkylation sites (N-methyl/N-ethyl adjacent to an activating group) is 1. The molecule has 138 valence electrons. The maximum Gasteiger partial charge on any atom is 0.265 e. The third kappa shape index (κ3) is 3.75. The molecule has 0 radical (unpaired) electrons. The number of fused-ring (bicyclic) bond motifs is 1. The van der Waals surface area contributed by atoms with Crippen molar-refractivity contribution in [2.75, 3.05) is 43.4 Å². The van der Waals surface area contributed by atoms with Gasteiger partial charge in [0.05, 0.1) is 16.3 Å². The van der Waals surface area contributed by atoms with Gasteiger partial charge in [0.15, 0.2) is 0 Å². The molecule has 0 saturated carbocycles. The van der Waals surface area contributed by atoms with Gasteiger partial charge < -0.3 is 15.1 Å². The number of hydrogen-bond donors (Lipinski definition) is 1. The van der Waals surface area contributed by atoms with E-state index in [-0.39, 0.29) is 5.91 Å². The Bertz CT molecular complexity index is 788. The molecule has 0 bridgehead atoms. The number of carbonyl (C=O) groups is 1. The lowest BCUT2D eigenvalue weighted by Gasteiger charge is -2.35. The summed E-state index contributed by atoms with van der Waals surface area (Å²) in [5, 5.41) is 3.76. The topological polar surface area (TPSA) is 35.6 Å². The lowest BCUT2D eigenvalue weighted by Crippen LogP contribution is -2.44. The van der Waals surface area contributed by atoms with E-state index < -0.39 is 0 Å². The summed E-state index contributed by atoms with van der Waals surface area (Å²) >= 11 is 7.86. The van der Waals surface area contributed by atoms with Crippen LogP contribution >= 0.6 is 22.9 Å². The van der Waals surface area contributed by atoms with Gasteiger partial charge in [-0.15, -0.1) is 11.3 Å². The molecule has 1 saturated heterocycles. The van der Waals surface area contributed by atoms with E-state index in [0.717, 1.165) is 55.3 Å². The molecule has 1 aromatic heterocycles. The van der Waals surface area contributed by atoms with E-state index in [1.807, 2.05) is 18.2 Å². The second-order valence-corrected chi connectivity index (χ2v) is 8.75. The fourth-order valence-corrected chi connectivity index (χ4v) is 5.04. The van der Waals surface area contributed by atoms with Crippen LogP contribution in [0.5, 0.6) is 0 Å². The number of carbonyl (C=O) groups excluding carboxylic acids is 1. The van der Waals surface area contributed by atoms with Crippen LogP contribution in [0.4, 0.5) is 11.4 Å². The van der Waals surface area contributed by atoms with Gasteiger partial charge in [-0.2, -0.15) is 0 Å². The fourth-order valence-electron chi connectivity index (χ4n) is 3.72. The Morgan fingerprint density at radius 2 is 1.88 bits per heavy atom. The zero-order valence-electron chi connectivity index (χ0n) is 15.1. The smallest absolute Gasteiger partial charge is 0.265 e. The van der Waals surface area contributed by atoms with E-state index in [9.17, 15) is 4.79 Å². The summed E-state index contributed by atoms with van der Waals surface area (Å²) in [5.41, 5.74) is 3.22. The largest absolute Gasteiger partial charge is 0.367 e. The van der Waals surface area contributed by atoms with Crippen LogP contribution in [0.3, 0.4) is 0 Å². The zero-order chi connectivity index (χ0) is 18.1. The molecule has 1 N–H and O–H groups in total. The number of piperazine rings is 1. The van der Waals surface area contributed by atoms with Gasteiger partial charge in [-0.25, -0.2) is 0 Å². The lowest BCUT2D eigenvalue weighted by molar-refractivity contribution is 0.103. The Balaban J connectivity index is 1.56. The predicted molar refractivity (Wildman–Crippen MR) is 110 cm³/mol. The van der Waals surface area contributed by atoms with E-state index in [1.54, 1.807) is 11.3 Å². The quantitative estimate of drug-likeness (QED) is 0.850. The molecule has 2 aliphatic rings. The maximum absolute atomic E-state index is 12.9. The molecular formula is C20H24ClN3OS. The Morgan fingerprint density at radius 1 is 1.12 bits per heavy atom. The molecule has 0 unspecified atom stereocenters. The number of thiophene rings is 1. The first-order valence-electron chi connectivity index (χ1n) is 9.26. The Hall–Kier alpha value is -1.56. The van der Waals surface area contributed by atoms with Gasteiger partial charge in [-0.1, -0.05) is 11.6 Å². The molecule has 1 fully saturated rings. The van der Waals surface area contributed by atoms with Crippen molar-refractivity contribution in [2.45, 2.75) is 25.7 Å². The summed E-state index contributed by atoms with van der Waals surface area (Å²) in [6.07, 6.45) is 4.67. The highest BCUT2D eigenvalue weighted by molar-refractivity contribution is 7.14. The van der Waals surface area contributed by atoms with Gasteiger partial charge >= 0.3 is 0 Å². The second kappa shape index (κ2) is 7.59. The van der Waals surface area contributed by atoms with E-state index in [0.29, 0.717) is 5.02 Å². The van der Waals surface area contributed by atoms with Crippen LogP contribution in [0.15, 0.2) is 24.3 Å². The number of nitrogens with zero attached hydrogens (tertiary/aromatic N) is 2. The van der Waals surface area contributed by atoms with Gasteiger partial charge in [0.1, 0.15) is 0 Å². The maximum atomic E-state index is 12.9. The molecular weight excluding hydrogens is 366 g/mol. The number of hydrogen-bond acceptors (Lipinski definition) is 4. The van der Waals surface area contributed by atoms with Crippen LogP contribution in [0.25, 0.3) is 0 Å². The number of nitrogens with one attached hydrogen (secondary N) is 1. The van der Waals surface area contributed by atoms with Crippen LogP contribution in [-0.2, 0) is 12.8 Å². The number of halogens is 1. The van der Waals surface area contributed by atoms with Crippen molar-refractivity contribution in [1.82, 2.24) is 4.90 Å². The molecule has 4 nitrogen and oxygen atoms in total. The molecule has 1 aliphatic heterocycles. The highest BCUT2D eigenvalue weighted by Gasteiger charge is 2.21. The molecule has 6 heteroatoms. The number of anilines is 2. The van der Waals surface area contributed by atoms with Crippen LogP contribution in [-0.4, -0.2) is 44.0 Å². The van der Waals surface area contributed by atoms with Crippen molar-refractivity contribution < 1.29 is 4.79 Å². The molecule has 1 aliphatic carbocycles. The van der Waals surface area contributed by atoms with Gasteiger partial charge in [0.25, 0.3) is 5.91 Å². The van der Waals surface area contributed by atoms with E-state index in [4.69, 9.17) is 11.6 Å². The van der Waals surface area contributed by atoms with E-state index in [2.05, 4.69) is 28.2 Å². The molecule has 1 aromatic carbocycles. The second-order valence-electron chi connectivity index (χ2n) is 7.17. The zero-order valence-corrected chi connectivity index (χ0v) is 16.6. The molecule has 4 rings (SSSR count). The first kappa shape index (κ1) is 17.8. The molecule has 26 heavy (non-hydrogen) atoms. The Labute approximate surface area is 163 Å². The lowest BCUT2D eigenvalue weighted by atomic mass is 9.99. The van der Waals surface area contributed by atoms with Crippen LogP contribution in [0.2, 0.25) is 5.02 Å². The van der Waals surface area contributed by atoms with Crippen LogP contribution < -0.4 is 10.2 Å². The molecule has 0 spiro atoms. The van der Waals surface area contributed by atoms with Crippen LogP contribution in [0, 0.1) is 0 Å². The number of amides is 1. The number of benzene rings is 1.